The Morgan fingerprint density at radius 3 is 2.71 bits per heavy atom. The fourth-order valence-electron chi connectivity index (χ4n) is 4.85. The van der Waals surface area contributed by atoms with Crippen molar-refractivity contribution in [2.75, 3.05) is 6.61 Å². The third kappa shape index (κ3) is 3.78. The molecule has 5 nitrogen and oxygen atoms in total. The summed E-state index contributed by atoms with van der Waals surface area (Å²) in [5.41, 5.74) is 3.88. The maximum atomic E-state index is 14.2. The molecule has 0 aliphatic carbocycles. The van der Waals surface area contributed by atoms with Crippen molar-refractivity contribution < 1.29 is 23.8 Å². The Labute approximate surface area is 197 Å². The number of carboxylic acids is 1. The molecule has 0 saturated carbocycles. The third-order valence-corrected chi connectivity index (χ3v) is 6.15. The highest BCUT2D eigenvalue weighted by molar-refractivity contribution is 6.08. The van der Waals surface area contributed by atoms with E-state index in [9.17, 15) is 14.3 Å². The first-order valence-corrected chi connectivity index (χ1v) is 11.3. The lowest BCUT2D eigenvalue weighted by Gasteiger charge is -2.29. The second kappa shape index (κ2) is 8.06. The highest BCUT2D eigenvalue weighted by atomic mass is 19.1. The number of nitrogens with zero attached hydrogens (tertiary/aromatic N) is 1. The molecule has 1 aliphatic heterocycles. The molecule has 0 unspecified atom stereocenters. The van der Waals surface area contributed by atoms with Crippen LogP contribution >= 0.6 is 0 Å². The van der Waals surface area contributed by atoms with Gasteiger partial charge in [0.1, 0.15) is 11.6 Å². The van der Waals surface area contributed by atoms with Crippen molar-refractivity contribution in [1.29, 1.82) is 0 Å². The van der Waals surface area contributed by atoms with Gasteiger partial charge >= 0.3 is 5.97 Å². The maximum Gasteiger partial charge on any atom is 0.337 e. The molecule has 0 spiro atoms. The zero-order valence-corrected chi connectivity index (χ0v) is 19.6. The number of aryl methyl sites for hydroxylation is 1. The fraction of sp³-hybridized carbons (Fsp3) is 0.286. The van der Waals surface area contributed by atoms with Crippen LogP contribution in [0.1, 0.15) is 43.6 Å². The average molecular weight is 460 g/mol. The first-order chi connectivity index (χ1) is 16.1. The standard InChI is InChI=1S/C28H26FNO4/c1-15-13-17-14-18(29)5-6-19(17)24(22(15)26(27(31)32)34-28(2,3)4)20-7-8-21-23-16(10-12-33-21)9-11-30-25(20)23/h5-9,11,13-14,26H,10,12H2,1-4H3,(H,31,32)/t26-/m1/s1. The topological polar surface area (TPSA) is 68.7 Å². The first kappa shape index (κ1) is 22.3. The highest BCUT2D eigenvalue weighted by Gasteiger charge is 2.32. The summed E-state index contributed by atoms with van der Waals surface area (Å²) in [4.78, 5) is 17.2. The van der Waals surface area contributed by atoms with Crippen LogP contribution in [0.4, 0.5) is 4.39 Å². The summed E-state index contributed by atoms with van der Waals surface area (Å²) in [5, 5.41) is 12.6. The molecule has 1 N–H and O–H groups in total. The van der Waals surface area contributed by atoms with E-state index in [1.165, 1.54) is 12.1 Å². The maximum absolute atomic E-state index is 14.2. The summed E-state index contributed by atoms with van der Waals surface area (Å²) < 4.78 is 26.1. The summed E-state index contributed by atoms with van der Waals surface area (Å²) in [6, 6.07) is 12.2. The Morgan fingerprint density at radius 2 is 1.97 bits per heavy atom. The molecule has 0 fully saturated rings. The number of fused-ring (bicyclic) bond motifs is 1. The Morgan fingerprint density at radius 1 is 1.18 bits per heavy atom. The Kier molecular flexibility index (Phi) is 5.29. The molecule has 2 heterocycles. The molecule has 174 valence electrons. The van der Waals surface area contributed by atoms with E-state index in [4.69, 9.17) is 14.5 Å². The van der Waals surface area contributed by atoms with Gasteiger partial charge in [0.2, 0.25) is 0 Å². The van der Waals surface area contributed by atoms with Crippen LogP contribution in [0.15, 0.2) is 48.7 Å². The van der Waals surface area contributed by atoms with Crippen LogP contribution in [0.25, 0.3) is 32.8 Å². The normalized spacial score (nSPS) is 14.3. The van der Waals surface area contributed by atoms with E-state index in [0.29, 0.717) is 28.7 Å². The molecule has 5 rings (SSSR count). The lowest BCUT2D eigenvalue weighted by Crippen LogP contribution is -2.28. The number of pyridine rings is 1. The van der Waals surface area contributed by atoms with Crippen molar-refractivity contribution in [2.24, 2.45) is 0 Å². The Bertz CT molecular complexity index is 1440. The Balaban J connectivity index is 1.91. The van der Waals surface area contributed by atoms with Gasteiger partial charge in [-0.15, -0.1) is 0 Å². The number of rotatable bonds is 4. The second-order valence-corrected chi connectivity index (χ2v) is 9.70. The summed E-state index contributed by atoms with van der Waals surface area (Å²) in [5.74, 6) is -0.673. The van der Waals surface area contributed by atoms with E-state index < -0.39 is 17.7 Å². The van der Waals surface area contributed by atoms with Crippen LogP contribution < -0.4 is 4.74 Å². The van der Waals surface area contributed by atoms with Gasteiger partial charge in [0.25, 0.3) is 0 Å². The molecule has 4 aromatic rings. The molecular weight excluding hydrogens is 433 g/mol. The van der Waals surface area contributed by atoms with Crippen LogP contribution in [-0.2, 0) is 16.0 Å². The van der Waals surface area contributed by atoms with Crippen molar-refractivity contribution >= 4 is 27.6 Å². The number of carbonyl (C=O) groups is 1. The van der Waals surface area contributed by atoms with Crippen LogP contribution in [0.3, 0.4) is 0 Å². The van der Waals surface area contributed by atoms with Gasteiger partial charge < -0.3 is 14.6 Å². The van der Waals surface area contributed by atoms with Gasteiger partial charge in [0.15, 0.2) is 6.10 Å². The highest BCUT2D eigenvalue weighted by Crippen LogP contribution is 2.45. The quantitative estimate of drug-likeness (QED) is 0.384. The van der Waals surface area contributed by atoms with Gasteiger partial charge in [0.05, 0.1) is 17.7 Å². The minimum Gasteiger partial charge on any atom is -0.493 e. The number of halogens is 1. The molecular formula is C28H26FNO4. The number of carboxylic acid groups (broad SMARTS) is 1. The van der Waals surface area contributed by atoms with Gasteiger partial charge in [-0.05, 0) is 85.5 Å². The number of ether oxygens (including phenoxy) is 2. The molecule has 1 atom stereocenters. The molecule has 6 heteroatoms. The third-order valence-electron chi connectivity index (χ3n) is 6.15. The fourth-order valence-corrected chi connectivity index (χ4v) is 4.85. The number of benzene rings is 3. The summed E-state index contributed by atoms with van der Waals surface area (Å²) in [6.07, 6.45) is 1.33. The van der Waals surface area contributed by atoms with Crippen LogP contribution in [0.2, 0.25) is 0 Å². The minimum atomic E-state index is -1.22. The van der Waals surface area contributed by atoms with Gasteiger partial charge in [-0.2, -0.15) is 0 Å². The zero-order chi connectivity index (χ0) is 24.2. The van der Waals surface area contributed by atoms with E-state index in [0.717, 1.165) is 39.6 Å². The predicted molar refractivity (Wildman–Crippen MR) is 130 cm³/mol. The largest absolute Gasteiger partial charge is 0.493 e. The molecule has 1 aliphatic rings. The summed E-state index contributed by atoms with van der Waals surface area (Å²) in [7, 11) is 0. The Hall–Kier alpha value is -3.51. The van der Waals surface area contributed by atoms with Gasteiger partial charge in [-0.25, -0.2) is 9.18 Å². The van der Waals surface area contributed by atoms with E-state index in [1.807, 2.05) is 52.0 Å². The van der Waals surface area contributed by atoms with Crippen LogP contribution in [0.5, 0.6) is 5.75 Å². The molecule has 0 amide bonds. The molecule has 0 radical (unpaired) electrons. The monoisotopic (exact) mass is 459 g/mol. The van der Waals surface area contributed by atoms with Crippen molar-refractivity contribution in [3.63, 3.8) is 0 Å². The van der Waals surface area contributed by atoms with E-state index in [2.05, 4.69) is 0 Å². The van der Waals surface area contributed by atoms with Crippen LogP contribution in [-0.4, -0.2) is 28.3 Å². The number of hydrogen-bond acceptors (Lipinski definition) is 4. The van der Waals surface area contributed by atoms with Crippen molar-refractivity contribution in [1.82, 2.24) is 4.98 Å². The SMILES string of the molecule is Cc1cc2cc(F)ccc2c(-c2ccc3c4c(ccnc24)CCO3)c1[C@@H](OC(C)(C)C)C(=O)O. The van der Waals surface area contributed by atoms with E-state index in [-0.39, 0.29) is 5.82 Å². The van der Waals surface area contributed by atoms with Crippen molar-refractivity contribution in [3.8, 4) is 16.9 Å². The van der Waals surface area contributed by atoms with E-state index in [1.54, 1.807) is 12.3 Å². The van der Waals surface area contributed by atoms with Gasteiger partial charge in [-0.1, -0.05) is 12.1 Å². The molecule has 0 saturated heterocycles. The van der Waals surface area contributed by atoms with Crippen molar-refractivity contribution in [3.05, 3.63) is 71.2 Å². The van der Waals surface area contributed by atoms with Gasteiger partial charge in [0, 0.05) is 29.1 Å². The minimum absolute atomic E-state index is 0.352. The molecule has 0 bridgehead atoms. The predicted octanol–water partition coefficient (Wildman–Crippen LogP) is 6.38. The van der Waals surface area contributed by atoms with Crippen LogP contribution in [0, 0.1) is 12.7 Å². The second-order valence-electron chi connectivity index (χ2n) is 9.70. The number of aliphatic carboxylic acids is 1. The molecule has 3 aromatic carbocycles. The molecule has 1 aromatic heterocycles. The zero-order valence-electron chi connectivity index (χ0n) is 19.6. The lowest BCUT2D eigenvalue weighted by atomic mass is 9.85. The first-order valence-electron chi connectivity index (χ1n) is 11.3. The number of hydrogen-bond donors (Lipinski definition) is 1. The number of aromatic nitrogens is 1. The lowest BCUT2D eigenvalue weighted by molar-refractivity contribution is -0.160. The average Bonchev–Trinajstić information content (AvgIpc) is 2.77. The molecule has 34 heavy (non-hydrogen) atoms. The summed E-state index contributed by atoms with van der Waals surface area (Å²) >= 11 is 0. The van der Waals surface area contributed by atoms with Gasteiger partial charge in [-0.3, -0.25) is 4.98 Å². The smallest absolute Gasteiger partial charge is 0.337 e. The van der Waals surface area contributed by atoms with Crippen molar-refractivity contribution in [2.45, 2.75) is 45.8 Å². The van der Waals surface area contributed by atoms with E-state index >= 15 is 0 Å². The summed E-state index contributed by atoms with van der Waals surface area (Å²) in [6.45, 7) is 7.93.